The lowest BCUT2D eigenvalue weighted by Crippen LogP contribution is -2.28. The molecular formula is C19H36O4. The molecule has 0 saturated carbocycles. The van der Waals surface area contributed by atoms with Crippen molar-refractivity contribution >= 4 is 11.9 Å². The lowest BCUT2D eigenvalue weighted by molar-refractivity contribution is -0.163. The first-order chi connectivity index (χ1) is 11.0. The van der Waals surface area contributed by atoms with Crippen LogP contribution in [0.3, 0.4) is 0 Å². The van der Waals surface area contributed by atoms with Crippen LogP contribution >= 0.6 is 0 Å². The Morgan fingerprint density at radius 1 is 0.826 bits per heavy atom. The van der Waals surface area contributed by atoms with Crippen LogP contribution in [0.25, 0.3) is 0 Å². The summed E-state index contributed by atoms with van der Waals surface area (Å²) in [7, 11) is 0. The molecule has 136 valence electrons. The Hall–Kier alpha value is -1.06. The molecule has 0 bridgehead atoms. The van der Waals surface area contributed by atoms with Crippen molar-refractivity contribution in [3.05, 3.63) is 0 Å². The Morgan fingerprint density at radius 3 is 1.74 bits per heavy atom. The molecule has 0 aromatic heterocycles. The highest BCUT2D eigenvalue weighted by atomic mass is 16.6. The van der Waals surface area contributed by atoms with Crippen LogP contribution in [0, 0.1) is 11.8 Å². The van der Waals surface area contributed by atoms with Gasteiger partial charge in [-0.1, -0.05) is 53.4 Å². The number of esters is 2. The molecule has 0 radical (unpaired) electrons. The maximum absolute atomic E-state index is 12.1. The monoisotopic (exact) mass is 328 g/mol. The molecule has 0 saturated heterocycles. The molecule has 4 nitrogen and oxygen atoms in total. The predicted molar refractivity (Wildman–Crippen MR) is 93.1 cm³/mol. The van der Waals surface area contributed by atoms with Crippen molar-refractivity contribution < 1.29 is 19.1 Å². The number of rotatable bonds is 13. The highest BCUT2D eigenvalue weighted by Gasteiger charge is 2.22. The normalized spacial score (nSPS) is 14.8. The molecule has 3 unspecified atom stereocenters. The van der Waals surface area contributed by atoms with Crippen molar-refractivity contribution in [1.82, 2.24) is 0 Å². The summed E-state index contributed by atoms with van der Waals surface area (Å²) in [4.78, 5) is 24.1. The third-order valence-electron chi connectivity index (χ3n) is 4.24. The number of carbonyl (C=O) groups is 2. The molecule has 0 spiro atoms. The number of ether oxygens (including phenoxy) is 2. The fourth-order valence-electron chi connectivity index (χ4n) is 2.52. The number of unbranched alkanes of at least 4 members (excludes halogenated alkanes) is 2. The molecule has 0 fully saturated rings. The van der Waals surface area contributed by atoms with Crippen LogP contribution in [-0.2, 0) is 19.1 Å². The average molecular weight is 328 g/mol. The van der Waals surface area contributed by atoms with E-state index in [4.69, 9.17) is 9.47 Å². The van der Waals surface area contributed by atoms with Gasteiger partial charge in [-0.05, 0) is 32.6 Å². The van der Waals surface area contributed by atoms with E-state index in [9.17, 15) is 9.59 Å². The quantitative estimate of drug-likeness (QED) is 0.451. The zero-order chi connectivity index (χ0) is 17.7. The van der Waals surface area contributed by atoms with Gasteiger partial charge in [0.1, 0.15) is 12.7 Å². The molecule has 4 heteroatoms. The van der Waals surface area contributed by atoms with Gasteiger partial charge < -0.3 is 9.47 Å². The van der Waals surface area contributed by atoms with Crippen molar-refractivity contribution in [2.24, 2.45) is 11.8 Å². The molecule has 0 heterocycles. The van der Waals surface area contributed by atoms with Gasteiger partial charge >= 0.3 is 11.9 Å². The summed E-state index contributed by atoms with van der Waals surface area (Å²) >= 11 is 0. The van der Waals surface area contributed by atoms with Gasteiger partial charge in [0, 0.05) is 0 Å². The zero-order valence-corrected chi connectivity index (χ0v) is 15.7. The van der Waals surface area contributed by atoms with Gasteiger partial charge in [0.15, 0.2) is 0 Å². The average Bonchev–Trinajstić information content (AvgIpc) is 2.54. The van der Waals surface area contributed by atoms with Gasteiger partial charge in [-0.2, -0.15) is 0 Å². The Kier molecular flexibility index (Phi) is 12.8. The Labute approximate surface area is 142 Å². The first-order valence-electron chi connectivity index (χ1n) is 9.37. The lowest BCUT2D eigenvalue weighted by Gasteiger charge is -2.20. The minimum Gasteiger partial charge on any atom is -0.462 e. The van der Waals surface area contributed by atoms with Gasteiger partial charge in [0.25, 0.3) is 0 Å². The van der Waals surface area contributed by atoms with Gasteiger partial charge in [0.05, 0.1) is 11.8 Å². The van der Waals surface area contributed by atoms with E-state index < -0.39 is 0 Å². The van der Waals surface area contributed by atoms with Crippen LogP contribution in [0.5, 0.6) is 0 Å². The topological polar surface area (TPSA) is 52.6 Å². The van der Waals surface area contributed by atoms with Crippen LogP contribution < -0.4 is 0 Å². The molecule has 3 atom stereocenters. The third kappa shape index (κ3) is 9.62. The minimum absolute atomic E-state index is 0.0363. The molecule has 0 amide bonds. The van der Waals surface area contributed by atoms with Crippen LogP contribution in [0.15, 0.2) is 0 Å². The Bertz CT molecular complexity index is 327. The molecule has 0 aromatic rings. The summed E-state index contributed by atoms with van der Waals surface area (Å²) in [5.41, 5.74) is 0. The van der Waals surface area contributed by atoms with E-state index in [2.05, 4.69) is 13.8 Å². The van der Waals surface area contributed by atoms with Crippen LogP contribution in [-0.4, -0.2) is 24.6 Å². The number of hydrogen-bond acceptors (Lipinski definition) is 4. The van der Waals surface area contributed by atoms with E-state index >= 15 is 0 Å². The fourth-order valence-corrected chi connectivity index (χ4v) is 2.52. The second-order valence-corrected chi connectivity index (χ2v) is 6.37. The van der Waals surface area contributed by atoms with E-state index in [-0.39, 0.29) is 36.5 Å². The van der Waals surface area contributed by atoms with E-state index in [0.29, 0.717) is 0 Å². The number of carbonyl (C=O) groups excluding carboxylic acids is 2. The predicted octanol–water partition coefficient (Wildman–Crippen LogP) is 4.89. The summed E-state index contributed by atoms with van der Waals surface area (Å²) in [5.74, 6) is -0.406. The molecule has 0 N–H and O–H groups in total. The van der Waals surface area contributed by atoms with Crippen LogP contribution in [0.2, 0.25) is 0 Å². The van der Waals surface area contributed by atoms with Crippen molar-refractivity contribution in [1.29, 1.82) is 0 Å². The van der Waals surface area contributed by atoms with Crippen molar-refractivity contribution in [3.63, 3.8) is 0 Å². The summed E-state index contributed by atoms with van der Waals surface area (Å²) in [6, 6.07) is 0. The van der Waals surface area contributed by atoms with Crippen LogP contribution in [0.1, 0.15) is 86.0 Å². The Balaban J connectivity index is 4.19. The zero-order valence-electron chi connectivity index (χ0n) is 15.7. The third-order valence-corrected chi connectivity index (χ3v) is 4.24. The van der Waals surface area contributed by atoms with Crippen molar-refractivity contribution in [3.8, 4) is 0 Å². The summed E-state index contributed by atoms with van der Waals surface area (Å²) in [6.45, 7) is 10.2. The standard InChI is InChI=1S/C19H36O4/c1-6-10-12-16(8-3)18(20)22-14-15(5)23-19(21)17(9-4)13-11-7-2/h15-17H,6-14H2,1-5H3. The van der Waals surface area contributed by atoms with E-state index in [1.54, 1.807) is 6.92 Å². The first kappa shape index (κ1) is 21.9. The van der Waals surface area contributed by atoms with Crippen molar-refractivity contribution in [2.45, 2.75) is 92.1 Å². The maximum atomic E-state index is 12.1. The summed E-state index contributed by atoms with van der Waals surface area (Å²) in [6.07, 6.45) is 7.16. The molecule has 0 rings (SSSR count). The van der Waals surface area contributed by atoms with Gasteiger partial charge in [-0.25, -0.2) is 0 Å². The highest BCUT2D eigenvalue weighted by Crippen LogP contribution is 2.17. The minimum atomic E-state index is -0.384. The Morgan fingerprint density at radius 2 is 1.30 bits per heavy atom. The smallest absolute Gasteiger partial charge is 0.309 e. The van der Waals surface area contributed by atoms with Gasteiger partial charge in [-0.15, -0.1) is 0 Å². The van der Waals surface area contributed by atoms with Crippen LogP contribution in [0.4, 0.5) is 0 Å². The van der Waals surface area contributed by atoms with Gasteiger partial charge in [0.2, 0.25) is 0 Å². The van der Waals surface area contributed by atoms with E-state index in [1.165, 1.54) is 0 Å². The fraction of sp³-hybridized carbons (Fsp3) is 0.895. The second-order valence-electron chi connectivity index (χ2n) is 6.37. The van der Waals surface area contributed by atoms with Crippen molar-refractivity contribution in [2.75, 3.05) is 6.61 Å². The van der Waals surface area contributed by atoms with E-state index in [1.807, 2.05) is 13.8 Å². The summed E-state index contributed by atoms with van der Waals surface area (Å²) in [5, 5.41) is 0. The van der Waals surface area contributed by atoms with Gasteiger partial charge in [-0.3, -0.25) is 9.59 Å². The maximum Gasteiger partial charge on any atom is 0.309 e. The van der Waals surface area contributed by atoms with E-state index in [0.717, 1.165) is 51.4 Å². The molecule has 0 aliphatic carbocycles. The molecule has 0 aliphatic heterocycles. The molecule has 0 aromatic carbocycles. The largest absolute Gasteiger partial charge is 0.462 e. The second kappa shape index (κ2) is 13.4. The SMILES string of the molecule is CCCCC(CC)C(=O)OCC(C)OC(=O)C(CC)CCCC. The molecular weight excluding hydrogens is 292 g/mol. The molecule has 23 heavy (non-hydrogen) atoms. The molecule has 0 aliphatic rings. The first-order valence-corrected chi connectivity index (χ1v) is 9.37. The summed E-state index contributed by atoms with van der Waals surface area (Å²) < 4.78 is 10.8. The lowest BCUT2D eigenvalue weighted by atomic mass is 9.99. The number of hydrogen-bond donors (Lipinski definition) is 0. The highest BCUT2D eigenvalue weighted by molar-refractivity contribution is 5.73.